The van der Waals surface area contributed by atoms with E-state index in [-0.39, 0.29) is 0 Å². The fraction of sp³-hybridized carbons (Fsp3) is 0.600. The number of hydrogen-bond donors (Lipinski definition) is 0. The van der Waals surface area contributed by atoms with E-state index in [4.69, 9.17) is 4.98 Å². The summed E-state index contributed by atoms with van der Waals surface area (Å²) in [6, 6.07) is 4.23. The highest BCUT2D eigenvalue weighted by molar-refractivity contribution is 5.47. The SMILES string of the molecule is c1nc(C2CCC2)cc(N2CCN(c3nccc(N4CCCC4)n3)CC2)n1. The quantitative estimate of drug-likeness (QED) is 0.825. The van der Waals surface area contributed by atoms with Crippen molar-refractivity contribution in [1.29, 1.82) is 0 Å². The summed E-state index contributed by atoms with van der Waals surface area (Å²) in [5, 5.41) is 0. The van der Waals surface area contributed by atoms with Gasteiger partial charge in [0.2, 0.25) is 5.95 Å². The third-order valence-corrected chi connectivity index (χ3v) is 6.14. The average molecular weight is 365 g/mol. The van der Waals surface area contributed by atoms with Gasteiger partial charge in [-0.2, -0.15) is 4.98 Å². The van der Waals surface area contributed by atoms with E-state index < -0.39 is 0 Å². The molecule has 0 radical (unpaired) electrons. The van der Waals surface area contributed by atoms with Crippen molar-refractivity contribution in [3.63, 3.8) is 0 Å². The van der Waals surface area contributed by atoms with Crippen LogP contribution < -0.4 is 14.7 Å². The van der Waals surface area contributed by atoms with Gasteiger partial charge < -0.3 is 14.7 Å². The molecule has 0 bridgehead atoms. The Balaban J connectivity index is 1.24. The molecule has 2 aromatic rings. The first kappa shape index (κ1) is 16.7. The Labute approximate surface area is 160 Å². The Kier molecular flexibility index (Phi) is 4.51. The predicted octanol–water partition coefficient (Wildman–Crippen LogP) is 2.46. The molecular formula is C20H27N7. The molecule has 1 saturated carbocycles. The standard InChI is InChI=1S/C20H27N7/c1-2-9-25(8-1)18-6-7-21-20(24-18)27-12-10-26(11-13-27)19-14-17(22-15-23-19)16-4-3-5-16/h6-7,14-16H,1-5,8-13H2. The summed E-state index contributed by atoms with van der Waals surface area (Å²) in [4.78, 5) is 25.4. The van der Waals surface area contributed by atoms with Crippen LogP contribution in [-0.2, 0) is 0 Å². The minimum Gasteiger partial charge on any atom is -0.356 e. The summed E-state index contributed by atoms with van der Waals surface area (Å²) >= 11 is 0. The molecule has 0 atom stereocenters. The van der Waals surface area contributed by atoms with Crippen LogP contribution in [0.1, 0.15) is 43.7 Å². The second kappa shape index (κ2) is 7.29. The lowest BCUT2D eigenvalue weighted by Gasteiger charge is -2.36. The van der Waals surface area contributed by atoms with Gasteiger partial charge in [0.05, 0.1) is 0 Å². The van der Waals surface area contributed by atoms with E-state index in [0.29, 0.717) is 5.92 Å². The van der Waals surface area contributed by atoms with Crippen molar-refractivity contribution < 1.29 is 0 Å². The minimum atomic E-state index is 0.648. The third-order valence-electron chi connectivity index (χ3n) is 6.14. The summed E-state index contributed by atoms with van der Waals surface area (Å²) in [5.74, 6) is 3.64. The zero-order valence-corrected chi connectivity index (χ0v) is 15.8. The van der Waals surface area contributed by atoms with Crippen molar-refractivity contribution in [1.82, 2.24) is 19.9 Å². The van der Waals surface area contributed by atoms with Crippen LogP contribution in [0.15, 0.2) is 24.7 Å². The number of hydrogen-bond acceptors (Lipinski definition) is 7. The van der Waals surface area contributed by atoms with Crippen LogP contribution in [-0.4, -0.2) is 59.2 Å². The van der Waals surface area contributed by atoms with Gasteiger partial charge in [0.15, 0.2) is 0 Å². The van der Waals surface area contributed by atoms with Gasteiger partial charge in [0, 0.05) is 63.1 Å². The van der Waals surface area contributed by atoms with E-state index in [1.807, 2.05) is 12.3 Å². The van der Waals surface area contributed by atoms with E-state index in [0.717, 1.165) is 56.9 Å². The Morgan fingerprint density at radius 3 is 2.22 bits per heavy atom. The van der Waals surface area contributed by atoms with Crippen molar-refractivity contribution in [3.05, 3.63) is 30.4 Å². The van der Waals surface area contributed by atoms with Gasteiger partial charge in [-0.3, -0.25) is 0 Å². The largest absolute Gasteiger partial charge is 0.356 e. The molecule has 2 saturated heterocycles. The zero-order valence-electron chi connectivity index (χ0n) is 15.8. The van der Waals surface area contributed by atoms with Crippen LogP contribution in [0.2, 0.25) is 0 Å². The lowest BCUT2D eigenvalue weighted by atomic mass is 9.83. The van der Waals surface area contributed by atoms with Crippen LogP contribution in [0.5, 0.6) is 0 Å². The van der Waals surface area contributed by atoms with Gasteiger partial charge in [0.1, 0.15) is 18.0 Å². The Morgan fingerprint density at radius 2 is 1.48 bits per heavy atom. The molecule has 2 aliphatic heterocycles. The minimum absolute atomic E-state index is 0.648. The molecule has 5 rings (SSSR count). The first-order chi connectivity index (χ1) is 13.4. The number of anilines is 3. The second-order valence-electron chi connectivity index (χ2n) is 7.81. The second-order valence-corrected chi connectivity index (χ2v) is 7.81. The van der Waals surface area contributed by atoms with Gasteiger partial charge in [-0.25, -0.2) is 15.0 Å². The van der Waals surface area contributed by atoms with Crippen LogP contribution in [0.3, 0.4) is 0 Å². The topological polar surface area (TPSA) is 61.3 Å². The monoisotopic (exact) mass is 365 g/mol. The van der Waals surface area contributed by atoms with E-state index in [2.05, 4.69) is 35.7 Å². The van der Waals surface area contributed by atoms with E-state index >= 15 is 0 Å². The van der Waals surface area contributed by atoms with Gasteiger partial charge in [0.25, 0.3) is 0 Å². The molecule has 2 aromatic heterocycles. The fourth-order valence-electron chi connectivity index (χ4n) is 4.21. The molecule has 4 heterocycles. The van der Waals surface area contributed by atoms with Crippen LogP contribution in [0.4, 0.5) is 17.6 Å². The molecule has 1 aliphatic carbocycles. The van der Waals surface area contributed by atoms with Crippen molar-refractivity contribution in [2.24, 2.45) is 0 Å². The lowest BCUT2D eigenvalue weighted by Crippen LogP contribution is -2.47. The summed E-state index contributed by atoms with van der Waals surface area (Å²) in [6.45, 7) is 5.96. The van der Waals surface area contributed by atoms with Gasteiger partial charge >= 0.3 is 0 Å². The molecule has 0 aromatic carbocycles. The Morgan fingerprint density at radius 1 is 0.741 bits per heavy atom. The number of aromatic nitrogens is 4. The predicted molar refractivity (Wildman–Crippen MR) is 107 cm³/mol. The fourth-order valence-corrected chi connectivity index (χ4v) is 4.21. The van der Waals surface area contributed by atoms with Crippen LogP contribution >= 0.6 is 0 Å². The molecule has 3 fully saturated rings. The molecular weight excluding hydrogens is 338 g/mol. The van der Waals surface area contributed by atoms with Gasteiger partial charge in [-0.05, 0) is 31.7 Å². The average Bonchev–Trinajstić information content (AvgIpc) is 3.22. The highest BCUT2D eigenvalue weighted by Crippen LogP contribution is 2.36. The van der Waals surface area contributed by atoms with Gasteiger partial charge in [-0.1, -0.05) is 6.42 Å². The maximum atomic E-state index is 4.83. The lowest BCUT2D eigenvalue weighted by molar-refractivity contribution is 0.410. The molecule has 3 aliphatic rings. The molecule has 27 heavy (non-hydrogen) atoms. The van der Waals surface area contributed by atoms with E-state index in [9.17, 15) is 0 Å². The van der Waals surface area contributed by atoms with Gasteiger partial charge in [-0.15, -0.1) is 0 Å². The van der Waals surface area contributed by atoms with Crippen molar-refractivity contribution >= 4 is 17.6 Å². The molecule has 7 nitrogen and oxygen atoms in total. The summed E-state index contributed by atoms with van der Waals surface area (Å²) < 4.78 is 0. The number of rotatable bonds is 4. The molecule has 0 N–H and O–H groups in total. The highest BCUT2D eigenvalue weighted by Gasteiger charge is 2.24. The molecule has 0 unspecified atom stereocenters. The third kappa shape index (κ3) is 3.42. The number of nitrogens with zero attached hydrogens (tertiary/aromatic N) is 7. The summed E-state index contributed by atoms with van der Waals surface area (Å²) in [7, 11) is 0. The normalized spacial score (nSPS) is 20.8. The van der Waals surface area contributed by atoms with Crippen molar-refractivity contribution in [2.45, 2.75) is 38.0 Å². The maximum Gasteiger partial charge on any atom is 0.227 e. The number of piperazine rings is 1. The Hall–Kier alpha value is -2.44. The molecule has 0 amide bonds. The summed E-state index contributed by atoms with van der Waals surface area (Å²) in [5.41, 5.74) is 1.22. The highest BCUT2D eigenvalue weighted by atomic mass is 15.3. The zero-order chi connectivity index (χ0) is 18.1. The smallest absolute Gasteiger partial charge is 0.227 e. The van der Waals surface area contributed by atoms with E-state index in [1.165, 1.54) is 37.8 Å². The Bertz CT molecular complexity index is 777. The first-order valence-electron chi connectivity index (χ1n) is 10.3. The molecule has 142 valence electrons. The summed E-state index contributed by atoms with van der Waals surface area (Å²) in [6.07, 6.45) is 10.0. The van der Waals surface area contributed by atoms with Crippen molar-refractivity contribution in [3.8, 4) is 0 Å². The molecule has 7 heteroatoms. The van der Waals surface area contributed by atoms with E-state index in [1.54, 1.807) is 6.33 Å². The maximum absolute atomic E-state index is 4.83. The first-order valence-corrected chi connectivity index (χ1v) is 10.3. The van der Waals surface area contributed by atoms with Crippen molar-refractivity contribution in [2.75, 3.05) is 54.0 Å². The van der Waals surface area contributed by atoms with Crippen LogP contribution in [0.25, 0.3) is 0 Å². The van der Waals surface area contributed by atoms with Crippen LogP contribution in [0, 0.1) is 0 Å². The molecule has 0 spiro atoms.